The van der Waals surface area contributed by atoms with Crippen LogP contribution in [0.5, 0.6) is 0 Å². The van der Waals surface area contributed by atoms with Crippen LogP contribution in [0.25, 0.3) is 27.6 Å². The zero-order valence-electron chi connectivity index (χ0n) is 14.9. The van der Waals surface area contributed by atoms with Gasteiger partial charge in [-0.05, 0) is 61.9 Å². The fourth-order valence-corrected chi connectivity index (χ4v) is 4.16. The average Bonchev–Trinajstić information content (AvgIpc) is 3.20. The molecular formula is C22H16FN3S. The van der Waals surface area contributed by atoms with Crippen LogP contribution in [0.2, 0.25) is 0 Å². The number of nitriles is 1. The first kappa shape index (κ1) is 17.2. The van der Waals surface area contributed by atoms with Gasteiger partial charge in [0.15, 0.2) is 0 Å². The zero-order valence-corrected chi connectivity index (χ0v) is 15.7. The Labute approximate surface area is 160 Å². The molecule has 0 radical (unpaired) electrons. The first-order valence-electron chi connectivity index (χ1n) is 8.49. The van der Waals surface area contributed by atoms with Crippen molar-refractivity contribution < 1.29 is 4.39 Å². The van der Waals surface area contributed by atoms with Crippen LogP contribution in [-0.4, -0.2) is 9.55 Å². The van der Waals surface area contributed by atoms with Gasteiger partial charge in [0.05, 0.1) is 15.8 Å². The summed E-state index contributed by atoms with van der Waals surface area (Å²) in [7, 11) is 0. The highest BCUT2D eigenvalue weighted by Gasteiger charge is 2.13. The normalized spacial score (nSPS) is 11.7. The van der Waals surface area contributed by atoms with Crippen molar-refractivity contribution >= 4 is 33.2 Å². The van der Waals surface area contributed by atoms with E-state index < -0.39 is 0 Å². The molecule has 4 rings (SSSR count). The largest absolute Gasteiger partial charge is 0.318 e. The van der Waals surface area contributed by atoms with E-state index in [4.69, 9.17) is 0 Å². The maximum absolute atomic E-state index is 13.6. The molecule has 0 aliphatic carbocycles. The van der Waals surface area contributed by atoms with E-state index in [0.29, 0.717) is 10.6 Å². The van der Waals surface area contributed by atoms with Gasteiger partial charge in [-0.3, -0.25) is 0 Å². The van der Waals surface area contributed by atoms with E-state index in [1.165, 1.54) is 23.5 Å². The van der Waals surface area contributed by atoms with Crippen molar-refractivity contribution in [2.24, 2.45) is 0 Å². The van der Waals surface area contributed by atoms with E-state index in [1.807, 2.05) is 60.9 Å². The van der Waals surface area contributed by atoms with Gasteiger partial charge in [-0.15, -0.1) is 11.3 Å². The molecule has 2 aromatic carbocycles. The van der Waals surface area contributed by atoms with E-state index >= 15 is 0 Å². The van der Waals surface area contributed by atoms with Gasteiger partial charge in [0, 0.05) is 17.1 Å². The summed E-state index contributed by atoms with van der Waals surface area (Å²) in [6.07, 6.45) is 1.86. The minimum absolute atomic E-state index is 0.274. The predicted molar refractivity (Wildman–Crippen MR) is 108 cm³/mol. The van der Waals surface area contributed by atoms with Crippen LogP contribution >= 0.6 is 11.3 Å². The molecule has 0 fully saturated rings. The molecule has 2 heterocycles. The lowest BCUT2D eigenvalue weighted by Gasteiger charge is -2.09. The number of hydrogen-bond donors (Lipinski definition) is 0. The Balaban J connectivity index is 1.81. The smallest absolute Gasteiger partial charge is 0.135 e. The van der Waals surface area contributed by atoms with Crippen molar-refractivity contribution in [2.45, 2.75) is 13.8 Å². The SMILES string of the molecule is Cc1cc(C=C(C#N)c2nc3ccccc3s2)c(C)n1-c1cccc(F)c1. The number of aromatic nitrogens is 2. The van der Waals surface area contributed by atoms with Crippen molar-refractivity contribution in [3.63, 3.8) is 0 Å². The van der Waals surface area contributed by atoms with Crippen molar-refractivity contribution in [1.29, 1.82) is 5.26 Å². The molecule has 0 unspecified atom stereocenters. The molecule has 0 aliphatic rings. The van der Waals surface area contributed by atoms with Crippen LogP contribution < -0.4 is 0 Å². The molecule has 0 amide bonds. The van der Waals surface area contributed by atoms with Crippen LogP contribution in [0.1, 0.15) is 22.0 Å². The van der Waals surface area contributed by atoms with E-state index in [9.17, 15) is 9.65 Å². The summed E-state index contributed by atoms with van der Waals surface area (Å²) in [6.45, 7) is 3.94. The van der Waals surface area contributed by atoms with Gasteiger partial charge in [-0.25, -0.2) is 9.37 Å². The highest BCUT2D eigenvalue weighted by molar-refractivity contribution is 7.19. The Bertz CT molecular complexity index is 1190. The summed E-state index contributed by atoms with van der Waals surface area (Å²) < 4.78 is 16.7. The quantitative estimate of drug-likeness (QED) is 0.419. The van der Waals surface area contributed by atoms with E-state index in [0.717, 1.165) is 32.9 Å². The third-order valence-corrected chi connectivity index (χ3v) is 5.55. The van der Waals surface area contributed by atoms with Crippen molar-refractivity contribution in [3.8, 4) is 11.8 Å². The van der Waals surface area contributed by atoms with Crippen LogP contribution in [0, 0.1) is 31.0 Å². The van der Waals surface area contributed by atoms with Gasteiger partial charge in [0.1, 0.15) is 16.9 Å². The molecule has 0 N–H and O–H groups in total. The zero-order chi connectivity index (χ0) is 19.0. The monoisotopic (exact) mass is 373 g/mol. The summed E-state index contributed by atoms with van der Waals surface area (Å²) in [5.41, 5.74) is 5.04. The van der Waals surface area contributed by atoms with Gasteiger partial charge < -0.3 is 4.57 Å². The summed E-state index contributed by atoms with van der Waals surface area (Å²) in [5, 5.41) is 10.4. The van der Waals surface area contributed by atoms with Crippen LogP contribution in [-0.2, 0) is 0 Å². The molecule has 0 atom stereocenters. The van der Waals surface area contributed by atoms with Crippen LogP contribution in [0.4, 0.5) is 4.39 Å². The number of rotatable bonds is 3. The highest BCUT2D eigenvalue weighted by Crippen LogP contribution is 2.30. The molecule has 0 saturated heterocycles. The van der Waals surface area contributed by atoms with Crippen molar-refractivity contribution in [1.82, 2.24) is 9.55 Å². The second-order valence-corrected chi connectivity index (χ2v) is 7.33. The topological polar surface area (TPSA) is 41.6 Å². The molecule has 3 nitrogen and oxygen atoms in total. The van der Waals surface area contributed by atoms with Gasteiger partial charge >= 0.3 is 0 Å². The summed E-state index contributed by atoms with van der Waals surface area (Å²) in [4.78, 5) is 4.58. The van der Waals surface area contributed by atoms with Crippen LogP contribution in [0.3, 0.4) is 0 Å². The van der Waals surface area contributed by atoms with E-state index in [2.05, 4.69) is 11.1 Å². The van der Waals surface area contributed by atoms with E-state index in [-0.39, 0.29) is 5.82 Å². The Morgan fingerprint density at radius 2 is 1.96 bits per heavy atom. The fraction of sp³-hybridized carbons (Fsp3) is 0.0909. The Morgan fingerprint density at radius 3 is 2.70 bits per heavy atom. The second kappa shape index (κ2) is 6.82. The minimum Gasteiger partial charge on any atom is -0.318 e. The molecule has 0 spiro atoms. The second-order valence-electron chi connectivity index (χ2n) is 6.30. The molecule has 0 saturated carbocycles. The number of nitrogens with zero attached hydrogens (tertiary/aromatic N) is 3. The molecule has 2 aromatic heterocycles. The standard InChI is InChI=1S/C22H16FN3S/c1-14-10-16(15(2)26(14)19-7-5-6-18(23)12-19)11-17(13-24)22-25-20-8-3-4-9-21(20)27-22/h3-12H,1-2H3. The summed E-state index contributed by atoms with van der Waals surface area (Å²) in [5.74, 6) is -0.274. The minimum atomic E-state index is -0.274. The lowest BCUT2D eigenvalue weighted by molar-refractivity contribution is 0.626. The Kier molecular flexibility index (Phi) is 4.35. The maximum Gasteiger partial charge on any atom is 0.135 e. The number of benzene rings is 2. The number of para-hydroxylation sites is 1. The number of aryl methyl sites for hydroxylation is 1. The van der Waals surface area contributed by atoms with Gasteiger partial charge in [-0.2, -0.15) is 5.26 Å². The average molecular weight is 373 g/mol. The van der Waals surface area contributed by atoms with E-state index in [1.54, 1.807) is 6.07 Å². The molecule has 27 heavy (non-hydrogen) atoms. The van der Waals surface area contributed by atoms with Crippen LogP contribution in [0.15, 0.2) is 54.6 Å². The van der Waals surface area contributed by atoms with Crippen molar-refractivity contribution in [2.75, 3.05) is 0 Å². The number of hydrogen-bond acceptors (Lipinski definition) is 3. The first-order chi connectivity index (χ1) is 13.1. The third-order valence-electron chi connectivity index (χ3n) is 4.48. The van der Waals surface area contributed by atoms with Gasteiger partial charge in [0.25, 0.3) is 0 Å². The van der Waals surface area contributed by atoms with Gasteiger partial charge in [-0.1, -0.05) is 18.2 Å². The number of allylic oxidation sites excluding steroid dienone is 1. The summed E-state index contributed by atoms with van der Waals surface area (Å²) in [6, 6.07) is 18.6. The first-order valence-corrected chi connectivity index (χ1v) is 9.31. The molecule has 4 aromatic rings. The Hall–Kier alpha value is -3.23. The molecular weight excluding hydrogens is 357 g/mol. The predicted octanol–water partition coefficient (Wildman–Crippen LogP) is 5.91. The number of thiazole rings is 1. The lowest BCUT2D eigenvalue weighted by atomic mass is 10.1. The highest BCUT2D eigenvalue weighted by atomic mass is 32.1. The Morgan fingerprint density at radius 1 is 1.15 bits per heavy atom. The molecule has 0 aliphatic heterocycles. The van der Waals surface area contributed by atoms with Gasteiger partial charge in [0.2, 0.25) is 0 Å². The third kappa shape index (κ3) is 3.16. The fourth-order valence-electron chi connectivity index (χ4n) is 3.23. The maximum atomic E-state index is 13.6. The summed E-state index contributed by atoms with van der Waals surface area (Å²) >= 11 is 1.51. The molecule has 132 valence electrons. The lowest BCUT2D eigenvalue weighted by Crippen LogP contribution is -1.99. The number of fused-ring (bicyclic) bond motifs is 1. The number of halogens is 1. The van der Waals surface area contributed by atoms with Crippen molar-refractivity contribution in [3.05, 3.63) is 82.4 Å². The molecule has 0 bridgehead atoms. The molecule has 5 heteroatoms.